The van der Waals surface area contributed by atoms with Gasteiger partial charge in [-0.1, -0.05) is 30.3 Å². The molecule has 1 aliphatic heterocycles. The Morgan fingerprint density at radius 3 is 2.90 bits per heavy atom. The third kappa shape index (κ3) is 2.43. The Hall–Kier alpha value is -2.20. The van der Waals surface area contributed by atoms with Gasteiger partial charge in [0.15, 0.2) is 0 Å². The van der Waals surface area contributed by atoms with Crippen LogP contribution in [0, 0.1) is 12.7 Å². The summed E-state index contributed by atoms with van der Waals surface area (Å²) in [5.41, 5.74) is 9.61. The zero-order chi connectivity index (χ0) is 15.0. The first kappa shape index (κ1) is 13.8. The Kier molecular flexibility index (Phi) is 3.47. The maximum absolute atomic E-state index is 14.2. The van der Waals surface area contributed by atoms with Crippen LogP contribution in [0.15, 0.2) is 36.4 Å². The van der Waals surface area contributed by atoms with Crippen LogP contribution in [0.1, 0.15) is 38.7 Å². The minimum Gasteiger partial charge on any atom is -0.352 e. The molecule has 1 aliphatic rings. The number of rotatable bonds is 2. The predicted octanol–water partition coefficient (Wildman–Crippen LogP) is 2.47. The predicted molar refractivity (Wildman–Crippen MR) is 79.6 cm³/mol. The quantitative estimate of drug-likeness (QED) is 0.890. The number of hydrogen-bond acceptors (Lipinski definition) is 2. The van der Waals surface area contributed by atoms with Gasteiger partial charge in [-0.15, -0.1) is 0 Å². The molecule has 0 bridgehead atoms. The average Bonchev–Trinajstić information content (AvgIpc) is 2.49. The van der Waals surface area contributed by atoms with Crippen LogP contribution in [0.3, 0.4) is 0 Å². The summed E-state index contributed by atoms with van der Waals surface area (Å²) in [5, 5.41) is 2.81. The van der Waals surface area contributed by atoms with Crippen LogP contribution in [-0.4, -0.2) is 12.5 Å². The lowest BCUT2D eigenvalue weighted by Gasteiger charge is -2.20. The van der Waals surface area contributed by atoms with Crippen LogP contribution in [0.25, 0.3) is 0 Å². The van der Waals surface area contributed by atoms with E-state index in [0.29, 0.717) is 23.2 Å². The highest BCUT2D eigenvalue weighted by Crippen LogP contribution is 2.26. The SMILES string of the molecule is Cc1cccc(C(N)c2ccc3c(c2)C(=O)NCC3)c1F. The van der Waals surface area contributed by atoms with E-state index in [1.165, 1.54) is 0 Å². The second kappa shape index (κ2) is 5.30. The largest absolute Gasteiger partial charge is 0.352 e. The van der Waals surface area contributed by atoms with Crippen molar-refractivity contribution < 1.29 is 9.18 Å². The van der Waals surface area contributed by atoms with Gasteiger partial charge in [0.05, 0.1) is 6.04 Å². The van der Waals surface area contributed by atoms with Crippen molar-refractivity contribution in [2.24, 2.45) is 5.73 Å². The summed E-state index contributed by atoms with van der Waals surface area (Å²) in [6.07, 6.45) is 0.815. The van der Waals surface area contributed by atoms with Crippen LogP contribution >= 0.6 is 0 Å². The molecule has 4 heteroatoms. The molecule has 1 unspecified atom stereocenters. The van der Waals surface area contributed by atoms with Gasteiger partial charge in [0.1, 0.15) is 5.82 Å². The first-order valence-electron chi connectivity index (χ1n) is 6.99. The van der Waals surface area contributed by atoms with Crippen LogP contribution in [0.5, 0.6) is 0 Å². The smallest absolute Gasteiger partial charge is 0.251 e. The highest BCUT2D eigenvalue weighted by atomic mass is 19.1. The molecular formula is C17H17FN2O. The molecule has 0 fully saturated rings. The summed E-state index contributed by atoms with van der Waals surface area (Å²) in [4.78, 5) is 11.9. The summed E-state index contributed by atoms with van der Waals surface area (Å²) in [5.74, 6) is -0.373. The van der Waals surface area contributed by atoms with Crippen molar-refractivity contribution in [3.05, 3.63) is 70.0 Å². The number of carbonyl (C=O) groups is 1. The van der Waals surface area contributed by atoms with E-state index in [2.05, 4.69) is 5.32 Å². The van der Waals surface area contributed by atoms with Crippen LogP contribution < -0.4 is 11.1 Å². The minimum absolute atomic E-state index is 0.0879. The maximum atomic E-state index is 14.2. The van der Waals surface area contributed by atoms with E-state index in [1.807, 2.05) is 12.1 Å². The summed E-state index contributed by atoms with van der Waals surface area (Å²) in [6, 6.07) is 10.2. The molecule has 0 aliphatic carbocycles. The molecule has 3 N–H and O–H groups in total. The first-order valence-corrected chi connectivity index (χ1v) is 6.99. The van der Waals surface area contributed by atoms with E-state index in [-0.39, 0.29) is 11.7 Å². The molecule has 2 aromatic carbocycles. The first-order chi connectivity index (χ1) is 10.1. The van der Waals surface area contributed by atoms with Crippen molar-refractivity contribution in [2.75, 3.05) is 6.54 Å². The second-order valence-electron chi connectivity index (χ2n) is 5.38. The minimum atomic E-state index is -0.579. The zero-order valence-corrected chi connectivity index (χ0v) is 11.8. The topological polar surface area (TPSA) is 55.1 Å². The lowest BCUT2D eigenvalue weighted by atomic mass is 9.92. The number of nitrogens with two attached hydrogens (primary N) is 1. The maximum Gasteiger partial charge on any atom is 0.251 e. The highest BCUT2D eigenvalue weighted by Gasteiger charge is 2.20. The van der Waals surface area contributed by atoms with Crippen molar-refractivity contribution >= 4 is 5.91 Å². The number of benzene rings is 2. The van der Waals surface area contributed by atoms with Gasteiger partial charge in [-0.3, -0.25) is 4.79 Å². The van der Waals surface area contributed by atoms with E-state index in [9.17, 15) is 9.18 Å². The second-order valence-corrected chi connectivity index (χ2v) is 5.38. The fourth-order valence-corrected chi connectivity index (χ4v) is 2.71. The Labute approximate surface area is 123 Å². The molecule has 21 heavy (non-hydrogen) atoms. The average molecular weight is 284 g/mol. The third-order valence-electron chi connectivity index (χ3n) is 3.97. The summed E-state index contributed by atoms with van der Waals surface area (Å²) in [6.45, 7) is 2.37. The Balaban J connectivity index is 2.02. The van der Waals surface area contributed by atoms with Crippen molar-refractivity contribution in [1.29, 1.82) is 0 Å². The van der Waals surface area contributed by atoms with Gasteiger partial charge in [-0.2, -0.15) is 0 Å². The number of carbonyl (C=O) groups excluding carboxylic acids is 1. The van der Waals surface area contributed by atoms with Gasteiger partial charge in [-0.05, 0) is 36.1 Å². The molecular weight excluding hydrogens is 267 g/mol. The fourth-order valence-electron chi connectivity index (χ4n) is 2.71. The Morgan fingerprint density at radius 2 is 2.10 bits per heavy atom. The van der Waals surface area contributed by atoms with Gasteiger partial charge in [0, 0.05) is 17.7 Å². The van der Waals surface area contributed by atoms with Gasteiger partial charge in [-0.25, -0.2) is 4.39 Å². The number of aryl methyl sites for hydroxylation is 1. The molecule has 0 aromatic heterocycles. The molecule has 0 spiro atoms. The van der Waals surface area contributed by atoms with Crippen LogP contribution in [-0.2, 0) is 6.42 Å². The molecule has 1 amide bonds. The number of hydrogen-bond donors (Lipinski definition) is 2. The van der Waals surface area contributed by atoms with Gasteiger partial charge in [0.25, 0.3) is 5.91 Å². The van der Waals surface area contributed by atoms with E-state index in [1.54, 1.807) is 31.2 Å². The standard InChI is InChI=1S/C17H17FN2O/c1-10-3-2-4-13(15(10)18)16(19)12-6-5-11-7-8-20-17(21)14(11)9-12/h2-6,9,16H,7-8,19H2,1H3,(H,20,21). The Morgan fingerprint density at radius 1 is 1.29 bits per heavy atom. The molecule has 1 heterocycles. The Bertz CT molecular complexity index is 712. The molecule has 2 aromatic rings. The van der Waals surface area contributed by atoms with Crippen molar-refractivity contribution in [3.63, 3.8) is 0 Å². The van der Waals surface area contributed by atoms with E-state index in [0.717, 1.165) is 17.5 Å². The van der Waals surface area contributed by atoms with Crippen molar-refractivity contribution in [2.45, 2.75) is 19.4 Å². The van der Waals surface area contributed by atoms with Crippen LogP contribution in [0.4, 0.5) is 4.39 Å². The molecule has 0 saturated heterocycles. The van der Waals surface area contributed by atoms with E-state index >= 15 is 0 Å². The molecule has 3 rings (SSSR count). The van der Waals surface area contributed by atoms with Crippen molar-refractivity contribution in [3.8, 4) is 0 Å². The van der Waals surface area contributed by atoms with E-state index in [4.69, 9.17) is 5.73 Å². The number of nitrogens with one attached hydrogen (secondary N) is 1. The normalized spacial score (nSPS) is 15.3. The van der Waals surface area contributed by atoms with Crippen LogP contribution in [0.2, 0.25) is 0 Å². The van der Waals surface area contributed by atoms with Gasteiger partial charge in [0.2, 0.25) is 0 Å². The van der Waals surface area contributed by atoms with Crippen molar-refractivity contribution in [1.82, 2.24) is 5.32 Å². The highest BCUT2D eigenvalue weighted by molar-refractivity contribution is 5.96. The molecule has 1 atom stereocenters. The summed E-state index contributed by atoms with van der Waals surface area (Å²) >= 11 is 0. The summed E-state index contributed by atoms with van der Waals surface area (Å²) in [7, 11) is 0. The number of halogens is 1. The molecule has 3 nitrogen and oxygen atoms in total. The molecule has 108 valence electrons. The lowest BCUT2D eigenvalue weighted by molar-refractivity contribution is 0.0946. The zero-order valence-electron chi connectivity index (χ0n) is 11.8. The molecule has 0 saturated carbocycles. The number of fused-ring (bicyclic) bond motifs is 1. The van der Waals surface area contributed by atoms with Gasteiger partial charge >= 0.3 is 0 Å². The fraction of sp³-hybridized carbons (Fsp3) is 0.235. The monoisotopic (exact) mass is 284 g/mol. The summed E-state index contributed by atoms with van der Waals surface area (Å²) < 4.78 is 14.2. The number of amides is 1. The van der Waals surface area contributed by atoms with E-state index < -0.39 is 6.04 Å². The molecule has 0 radical (unpaired) electrons. The third-order valence-corrected chi connectivity index (χ3v) is 3.97. The van der Waals surface area contributed by atoms with Gasteiger partial charge < -0.3 is 11.1 Å². The lowest BCUT2D eigenvalue weighted by Crippen LogP contribution is -2.32.